The first-order chi connectivity index (χ1) is 14.6. The molecule has 1 amide bonds. The number of anilines is 1. The first-order valence-electron chi connectivity index (χ1n) is 9.58. The SMILES string of the molecule is O=C(CSCc1nc2sc3c(c2c(=O)[nH]1)CCC3)Nc1cc2c(cc1Cl)OCCO2. The highest BCUT2D eigenvalue weighted by atomic mass is 35.5. The van der Waals surface area contributed by atoms with Gasteiger partial charge in [-0.1, -0.05) is 11.6 Å². The standard InChI is InChI=1S/C20H18ClN3O4S2/c21-11-6-13-14(28-5-4-27-13)7-12(11)22-17(25)9-29-8-16-23-19(26)18-10-2-1-3-15(10)30-20(18)24-16/h6-7H,1-5,8-9H2,(H,22,25)(H,23,24,26). The molecule has 5 rings (SSSR count). The van der Waals surface area contributed by atoms with Crippen LogP contribution in [0.25, 0.3) is 10.2 Å². The van der Waals surface area contributed by atoms with Crippen LogP contribution in [0.1, 0.15) is 22.7 Å². The van der Waals surface area contributed by atoms with Crippen molar-refractivity contribution < 1.29 is 14.3 Å². The van der Waals surface area contributed by atoms with Crippen LogP contribution in [0.4, 0.5) is 5.69 Å². The van der Waals surface area contributed by atoms with Crippen LogP contribution in [0.5, 0.6) is 11.5 Å². The van der Waals surface area contributed by atoms with Gasteiger partial charge in [0.2, 0.25) is 5.91 Å². The molecule has 0 saturated carbocycles. The maximum Gasteiger partial charge on any atom is 0.259 e. The second kappa shape index (κ2) is 8.13. The number of hydrogen-bond donors (Lipinski definition) is 2. The summed E-state index contributed by atoms with van der Waals surface area (Å²) in [6, 6.07) is 3.31. The summed E-state index contributed by atoms with van der Waals surface area (Å²) in [5.74, 6) is 2.17. The third kappa shape index (κ3) is 3.77. The number of thiophene rings is 1. The van der Waals surface area contributed by atoms with Crippen molar-refractivity contribution in [3.05, 3.63) is 43.8 Å². The Morgan fingerprint density at radius 3 is 2.90 bits per heavy atom. The average molecular weight is 464 g/mol. The van der Waals surface area contributed by atoms with Gasteiger partial charge < -0.3 is 19.8 Å². The lowest BCUT2D eigenvalue weighted by Gasteiger charge is -2.20. The summed E-state index contributed by atoms with van der Waals surface area (Å²) in [5, 5.41) is 3.93. The van der Waals surface area contributed by atoms with Crippen molar-refractivity contribution in [3.63, 3.8) is 0 Å². The molecule has 1 aliphatic carbocycles. The lowest BCUT2D eigenvalue weighted by atomic mass is 10.2. The van der Waals surface area contributed by atoms with Crippen molar-refractivity contribution in [2.75, 3.05) is 24.3 Å². The Hall–Kier alpha value is -2.23. The van der Waals surface area contributed by atoms with E-state index in [0.29, 0.717) is 47.0 Å². The fourth-order valence-corrected chi connectivity index (χ4v) is 5.87. The number of carbonyl (C=O) groups is 1. The van der Waals surface area contributed by atoms with E-state index in [4.69, 9.17) is 21.1 Å². The molecule has 0 spiro atoms. The first-order valence-corrected chi connectivity index (χ1v) is 11.9. The summed E-state index contributed by atoms with van der Waals surface area (Å²) in [6.45, 7) is 0.933. The van der Waals surface area contributed by atoms with Crippen LogP contribution in [0.2, 0.25) is 5.02 Å². The van der Waals surface area contributed by atoms with Gasteiger partial charge in [-0.15, -0.1) is 23.1 Å². The summed E-state index contributed by atoms with van der Waals surface area (Å²) in [6.07, 6.45) is 3.09. The number of ether oxygens (including phenoxy) is 2. The molecule has 2 aliphatic rings. The monoisotopic (exact) mass is 463 g/mol. The predicted molar refractivity (Wildman–Crippen MR) is 119 cm³/mol. The van der Waals surface area contributed by atoms with Crippen LogP contribution in [0, 0.1) is 0 Å². The smallest absolute Gasteiger partial charge is 0.259 e. The minimum Gasteiger partial charge on any atom is -0.486 e. The van der Waals surface area contributed by atoms with Gasteiger partial charge in [0.15, 0.2) is 11.5 Å². The molecule has 3 heterocycles. The highest BCUT2D eigenvalue weighted by Crippen LogP contribution is 2.38. The number of halogens is 1. The van der Waals surface area contributed by atoms with Gasteiger partial charge in [0, 0.05) is 17.0 Å². The zero-order valence-electron chi connectivity index (χ0n) is 15.9. The van der Waals surface area contributed by atoms with E-state index >= 15 is 0 Å². The van der Waals surface area contributed by atoms with Gasteiger partial charge in [-0.25, -0.2) is 4.98 Å². The number of hydrogen-bond acceptors (Lipinski definition) is 7. The highest BCUT2D eigenvalue weighted by Gasteiger charge is 2.21. The van der Waals surface area contributed by atoms with Crippen molar-refractivity contribution in [2.24, 2.45) is 0 Å². The van der Waals surface area contributed by atoms with E-state index in [1.54, 1.807) is 23.5 Å². The normalized spacial score (nSPS) is 14.7. The van der Waals surface area contributed by atoms with Crippen molar-refractivity contribution >= 4 is 56.5 Å². The number of rotatable bonds is 5. The van der Waals surface area contributed by atoms with E-state index in [1.807, 2.05) is 0 Å². The molecule has 0 saturated heterocycles. The Labute approximate surface area is 185 Å². The van der Waals surface area contributed by atoms with Gasteiger partial charge in [0.1, 0.15) is 23.9 Å². The summed E-state index contributed by atoms with van der Waals surface area (Å²) in [5.41, 5.74) is 1.56. The number of thioether (sulfide) groups is 1. The minimum absolute atomic E-state index is 0.0810. The van der Waals surface area contributed by atoms with E-state index < -0.39 is 0 Å². The molecule has 0 radical (unpaired) electrons. The molecule has 156 valence electrons. The Morgan fingerprint density at radius 1 is 1.27 bits per heavy atom. The van der Waals surface area contributed by atoms with Crippen LogP contribution in [-0.2, 0) is 23.4 Å². The number of carbonyl (C=O) groups excluding carboxylic acids is 1. The van der Waals surface area contributed by atoms with Gasteiger partial charge in [0.05, 0.1) is 27.6 Å². The van der Waals surface area contributed by atoms with E-state index in [9.17, 15) is 9.59 Å². The molecule has 1 aliphatic heterocycles. The lowest BCUT2D eigenvalue weighted by molar-refractivity contribution is -0.113. The van der Waals surface area contributed by atoms with E-state index in [2.05, 4.69) is 15.3 Å². The third-order valence-corrected chi connectivity index (χ3v) is 7.44. The summed E-state index contributed by atoms with van der Waals surface area (Å²) >= 11 is 9.22. The Balaban J connectivity index is 1.22. The van der Waals surface area contributed by atoms with Crippen LogP contribution < -0.4 is 20.3 Å². The molecule has 3 aromatic rings. The van der Waals surface area contributed by atoms with Gasteiger partial charge in [0.25, 0.3) is 5.56 Å². The third-order valence-electron chi connectivity index (χ3n) is 5.00. The number of H-pyrrole nitrogens is 1. The van der Waals surface area contributed by atoms with Crippen molar-refractivity contribution in [2.45, 2.75) is 25.0 Å². The molecule has 0 bridgehead atoms. The van der Waals surface area contributed by atoms with Crippen LogP contribution >= 0.6 is 34.7 Å². The second-order valence-electron chi connectivity index (χ2n) is 7.07. The summed E-state index contributed by atoms with van der Waals surface area (Å²) in [4.78, 5) is 34.4. The van der Waals surface area contributed by atoms with Crippen LogP contribution in [-0.4, -0.2) is 34.8 Å². The summed E-state index contributed by atoms with van der Waals surface area (Å²) in [7, 11) is 0. The minimum atomic E-state index is -0.197. The average Bonchev–Trinajstić information content (AvgIpc) is 3.29. The molecule has 2 aromatic heterocycles. The molecular formula is C20H18ClN3O4S2. The maximum absolute atomic E-state index is 12.5. The topological polar surface area (TPSA) is 93.3 Å². The molecule has 0 atom stereocenters. The Bertz CT molecular complexity index is 1210. The van der Waals surface area contributed by atoms with Gasteiger partial charge in [-0.2, -0.15) is 0 Å². The molecular weight excluding hydrogens is 446 g/mol. The predicted octanol–water partition coefficient (Wildman–Crippen LogP) is 3.77. The number of aryl methyl sites for hydroxylation is 2. The zero-order chi connectivity index (χ0) is 20.7. The summed E-state index contributed by atoms with van der Waals surface area (Å²) < 4.78 is 11.0. The van der Waals surface area contributed by atoms with Crippen molar-refractivity contribution in [1.82, 2.24) is 9.97 Å². The largest absolute Gasteiger partial charge is 0.486 e. The number of nitrogens with zero attached hydrogens (tertiary/aromatic N) is 1. The molecule has 1 aromatic carbocycles. The number of benzene rings is 1. The van der Waals surface area contributed by atoms with Crippen LogP contribution in [0.15, 0.2) is 16.9 Å². The Morgan fingerprint density at radius 2 is 2.07 bits per heavy atom. The maximum atomic E-state index is 12.5. The number of nitrogens with one attached hydrogen (secondary N) is 2. The van der Waals surface area contributed by atoms with Gasteiger partial charge >= 0.3 is 0 Å². The zero-order valence-corrected chi connectivity index (χ0v) is 18.3. The van der Waals surface area contributed by atoms with Gasteiger partial charge in [-0.05, 0) is 24.8 Å². The fraction of sp³-hybridized carbons (Fsp3) is 0.350. The van der Waals surface area contributed by atoms with Crippen molar-refractivity contribution in [3.8, 4) is 11.5 Å². The molecule has 7 nitrogen and oxygen atoms in total. The number of amides is 1. The van der Waals surface area contributed by atoms with Crippen LogP contribution in [0.3, 0.4) is 0 Å². The highest BCUT2D eigenvalue weighted by molar-refractivity contribution is 7.99. The van der Waals surface area contributed by atoms with Gasteiger partial charge in [-0.3, -0.25) is 9.59 Å². The quantitative estimate of drug-likeness (QED) is 0.598. The van der Waals surface area contributed by atoms with E-state index in [0.717, 1.165) is 29.5 Å². The lowest BCUT2D eigenvalue weighted by Crippen LogP contribution is -2.18. The van der Waals surface area contributed by atoms with E-state index in [1.165, 1.54) is 22.2 Å². The molecule has 30 heavy (non-hydrogen) atoms. The van der Waals surface area contributed by atoms with E-state index in [-0.39, 0.29) is 17.2 Å². The number of fused-ring (bicyclic) bond motifs is 4. The molecule has 2 N–H and O–H groups in total. The first kappa shape index (κ1) is 19.7. The fourth-order valence-electron chi connectivity index (χ4n) is 3.70. The second-order valence-corrected chi connectivity index (χ2v) is 9.54. The molecule has 10 heteroatoms. The number of aromatic amines is 1. The Kier molecular flexibility index (Phi) is 5.34. The molecule has 0 fully saturated rings. The number of aromatic nitrogens is 2. The van der Waals surface area contributed by atoms with Crippen molar-refractivity contribution in [1.29, 1.82) is 0 Å². The molecule has 0 unspecified atom stereocenters.